The third kappa shape index (κ3) is 2.40. The molecular formula is C14H14N6O. The zero-order valence-corrected chi connectivity index (χ0v) is 11.7. The molecule has 3 N–H and O–H groups in total. The molecule has 0 saturated heterocycles. The molecule has 0 aliphatic carbocycles. The lowest BCUT2D eigenvalue weighted by molar-refractivity contribution is 0.102. The predicted octanol–water partition coefficient (Wildman–Crippen LogP) is 1.51. The van der Waals surface area contributed by atoms with Crippen LogP contribution in [-0.4, -0.2) is 25.7 Å². The number of nitrogens with one attached hydrogen (secondary N) is 1. The lowest BCUT2D eigenvalue weighted by Crippen LogP contribution is -2.13. The quantitative estimate of drug-likeness (QED) is 0.742. The summed E-state index contributed by atoms with van der Waals surface area (Å²) in [4.78, 5) is 20.4. The lowest BCUT2D eigenvalue weighted by Gasteiger charge is -2.05. The molecule has 0 bridgehead atoms. The van der Waals surface area contributed by atoms with Crippen molar-refractivity contribution in [2.75, 3.05) is 11.1 Å². The molecule has 0 atom stereocenters. The Kier molecular flexibility index (Phi) is 3.02. The van der Waals surface area contributed by atoms with Gasteiger partial charge in [0.1, 0.15) is 5.69 Å². The van der Waals surface area contributed by atoms with Crippen LogP contribution < -0.4 is 11.1 Å². The van der Waals surface area contributed by atoms with Gasteiger partial charge in [0.2, 0.25) is 0 Å². The fourth-order valence-electron chi connectivity index (χ4n) is 2.11. The number of nitrogens with zero attached hydrogens (tertiary/aromatic N) is 4. The SMILES string of the molecule is Cc1nn(C)c2ncc(NC(=O)c3ccc(N)cn3)cc12. The third-order valence-electron chi connectivity index (χ3n) is 3.14. The van der Waals surface area contributed by atoms with E-state index in [9.17, 15) is 4.79 Å². The molecular weight excluding hydrogens is 268 g/mol. The summed E-state index contributed by atoms with van der Waals surface area (Å²) in [5, 5.41) is 7.96. The van der Waals surface area contributed by atoms with Crippen LogP contribution in [0.15, 0.2) is 30.6 Å². The number of nitrogen functional groups attached to an aromatic ring is 1. The molecule has 1 amide bonds. The first-order valence-corrected chi connectivity index (χ1v) is 6.37. The highest BCUT2D eigenvalue weighted by Gasteiger charge is 2.11. The first kappa shape index (κ1) is 13.0. The molecule has 0 saturated carbocycles. The van der Waals surface area contributed by atoms with Gasteiger partial charge in [-0.05, 0) is 25.1 Å². The number of fused-ring (bicyclic) bond motifs is 1. The van der Waals surface area contributed by atoms with Crippen LogP contribution in [0.4, 0.5) is 11.4 Å². The highest BCUT2D eigenvalue weighted by molar-refractivity contribution is 6.03. The summed E-state index contributed by atoms with van der Waals surface area (Å²) in [6, 6.07) is 5.06. The average Bonchev–Trinajstić information content (AvgIpc) is 2.74. The van der Waals surface area contributed by atoms with Crippen LogP contribution in [0.25, 0.3) is 11.0 Å². The molecule has 0 unspecified atom stereocenters. The maximum Gasteiger partial charge on any atom is 0.274 e. The number of hydrogen-bond acceptors (Lipinski definition) is 5. The Bertz CT molecular complexity index is 821. The highest BCUT2D eigenvalue weighted by atomic mass is 16.1. The van der Waals surface area contributed by atoms with E-state index >= 15 is 0 Å². The normalized spacial score (nSPS) is 10.8. The lowest BCUT2D eigenvalue weighted by atomic mass is 10.2. The van der Waals surface area contributed by atoms with E-state index in [1.165, 1.54) is 6.20 Å². The van der Waals surface area contributed by atoms with Gasteiger partial charge in [-0.3, -0.25) is 9.48 Å². The maximum absolute atomic E-state index is 12.1. The number of aromatic nitrogens is 4. The van der Waals surface area contributed by atoms with E-state index in [1.54, 1.807) is 23.0 Å². The van der Waals surface area contributed by atoms with Gasteiger partial charge in [-0.25, -0.2) is 9.97 Å². The number of aryl methyl sites for hydroxylation is 2. The van der Waals surface area contributed by atoms with Crippen molar-refractivity contribution in [3.8, 4) is 0 Å². The molecule has 3 rings (SSSR count). The molecule has 0 aliphatic heterocycles. The van der Waals surface area contributed by atoms with Crippen LogP contribution >= 0.6 is 0 Å². The molecule has 7 heteroatoms. The van der Waals surface area contributed by atoms with Crippen molar-refractivity contribution in [3.05, 3.63) is 42.0 Å². The van der Waals surface area contributed by atoms with Crippen molar-refractivity contribution in [1.82, 2.24) is 19.7 Å². The largest absolute Gasteiger partial charge is 0.397 e. The van der Waals surface area contributed by atoms with Crippen molar-refractivity contribution in [2.24, 2.45) is 7.05 Å². The van der Waals surface area contributed by atoms with E-state index in [0.29, 0.717) is 17.1 Å². The maximum atomic E-state index is 12.1. The van der Waals surface area contributed by atoms with Crippen LogP contribution in [0.2, 0.25) is 0 Å². The summed E-state index contributed by atoms with van der Waals surface area (Å²) >= 11 is 0. The Morgan fingerprint density at radius 3 is 2.81 bits per heavy atom. The number of hydrogen-bond donors (Lipinski definition) is 2. The first-order chi connectivity index (χ1) is 10.0. The van der Waals surface area contributed by atoms with Crippen LogP contribution in [0.1, 0.15) is 16.2 Å². The molecule has 3 aromatic heterocycles. The molecule has 106 valence electrons. The number of carbonyl (C=O) groups excluding carboxylic acids is 1. The topological polar surface area (TPSA) is 98.7 Å². The van der Waals surface area contributed by atoms with Gasteiger partial charge in [0.05, 0.1) is 29.5 Å². The predicted molar refractivity (Wildman–Crippen MR) is 79.8 cm³/mol. The van der Waals surface area contributed by atoms with E-state index < -0.39 is 0 Å². The zero-order chi connectivity index (χ0) is 15.0. The Hall–Kier alpha value is -2.96. The monoisotopic (exact) mass is 282 g/mol. The molecule has 0 aromatic carbocycles. The van der Waals surface area contributed by atoms with Crippen molar-refractivity contribution in [3.63, 3.8) is 0 Å². The average molecular weight is 282 g/mol. The van der Waals surface area contributed by atoms with E-state index in [-0.39, 0.29) is 5.91 Å². The number of nitrogens with two attached hydrogens (primary N) is 1. The minimum Gasteiger partial charge on any atom is -0.397 e. The van der Waals surface area contributed by atoms with Crippen molar-refractivity contribution in [1.29, 1.82) is 0 Å². The van der Waals surface area contributed by atoms with E-state index in [4.69, 9.17) is 5.73 Å². The van der Waals surface area contributed by atoms with Gasteiger partial charge in [0, 0.05) is 12.4 Å². The van der Waals surface area contributed by atoms with Crippen LogP contribution in [0, 0.1) is 6.92 Å². The van der Waals surface area contributed by atoms with Crippen LogP contribution in [0.3, 0.4) is 0 Å². The summed E-state index contributed by atoms with van der Waals surface area (Å²) in [5.74, 6) is -0.308. The Morgan fingerprint density at radius 2 is 2.10 bits per heavy atom. The smallest absolute Gasteiger partial charge is 0.274 e. The molecule has 0 radical (unpaired) electrons. The highest BCUT2D eigenvalue weighted by Crippen LogP contribution is 2.19. The minimum absolute atomic E-state index is 0.298. The van der Waals surface area contributed by atoms with Gasteiger partial charge in [-0.2, -0.15) is 5.10 Å². The second kappa shape index (κ2) is 4.86. The summed E-state index contributed by atoms with van der Waals surface area (Å²) in [6.07, 6.45) is 3.04. The molecule has 3 aromatic rings. The zero-order valence-electron chi connectivity index (χ0n) is 11.7. The summed E-state index contributed by atoms with van der Waals surface area (Å²) < 4.78 is 1.71. The van der Waals surface area contributed by atoms with Gasteiger partial charge < -0.3 is 11.1 Å². The second-order valence-electron chi connectivity index (χ2n) is 4.74. The third-order valence-corrected chi connectivity index (χ3v) is 3.14. The molecule has 7 nitrogen and oxygen atoms in total. The van der Waals surface area contributed by atoms with Crippen molar-refractivity contribution < 1.29 is 4.79 Å². The fraction of sp³-hybridized carbons (Fsp3) is 0.143. The minimum atomic E-state index is -0.308. The summed E-state index contributed by atoms with van der Waals surface area (Å²) in [5.41, 5.74) is 8.60. The molecule has 0 spiro atoms. The number of pyridine rings is 2. The number of anilines is 2. The second-order valence-corrected chi connectivity index (χ2v) is 4.74. The molecule has 3 heterocycles. The van der Waals surface area contributed by atoms with Gasteiger partial charge in [0.15, 0.2) is 5.65 Å². The first-order valence-electron chi connectivity index (χ1n) is 6.37. The van der Waals surface area contributed by atoms with Crippen molar-refractivity contribution >= 4 is 28.3 Å². The molecule has 21 heavy (non-hydrogen) atoms. The van der Waals surface area contributed by atoms with E-state index in [0.717, 1.165) is 16.7 Å². The van der Waals surface area contributed by atoms with Crippen molar-refractivity contribution in [2.45, 2.75) is 6.92 Å². The number of amides is 1. The van der Waals surface area contributed by atoms with Crippen LogP contribution in [-0.2, 0) is 7.05 Å². The van der Waals surface area contributed by atoms with E-state index in [2.05, 4.69) is 20.4 Å². The Labute approximate surface area is 120 Å². The summed E-state index contributed by atoms with van der Waals surface area (Å²) in [7, 11) is 1.83. The Balaban J connectivity index is 1.89. The number of rotatable bonds is 2. The van der Waals surface area contributed by atoms with Gasteiger partial charge in [-0.15, -0.1) is 0 Å². The van der Waals surface area contributed by atoms with Gasteiger partial charge in [-0.1, -0.05) is 0 Å². The van der Waals surface area contributed by atoms with Crippen LogP contribution in [0.5, 0.6) is 0 Å². The fourth-order valence-corrected chi connectivity index (χ4v) is 2.11. The Morgan fingerprint density at radius 1 is 1.29 bits per heavy atom. The van der Waals surface area contributed by atoms with Gasteiger partial charge >= 0.3 is 0 Å². The summed E-state index contributed by atoms with van der Waals surface area (Å²) in [6.45, 7) is 1.90. The van der Waals surface area contributed by atoms with Gasteiger partial charge in [0.25, 0.3) is 5.91 Å². The molecule has 0 fully saturated rings. The number of carbonyl (C=O) groups is 1. The van der Waals surface area contributed by atoms with E-state index in [1.807, 2.05) is 20.0 Å². The standard InChI is InChI=1S/C14H14N6O/c1-8-11-5-10(7-17-13(11)20(2)19-8)18-14(21)12-4-3-9(15)6-16-12/h3-7H,15H2,1-2H3,(H,18,21). The molecule has 0 aliphatic rings.